The number of amides is 1. The predicted molar refractivity (Wildman–Crippen MR) is 83.7 cm³/mol. The lowest BCUT2D eigenvalue weighted by Crippen LogP contribution is -2.40. The number of ether oxygens (including phenoxy) is 1. The molecule has 114 valence electrons. The van der Waals surface area contributed by atoms with E-state index >= 15 is 0 Å². The Morgan fingerprint density at radius 1 is 1.29 bits per heavy atom. The fraction of sp³-hybridized carbons (Fsp3) is 0.412. The normalized spacial score (nSPS) is 11.9. The van der Waals surface area contributed by atoms with E-state index in [9.17, 15) is 9.59 Å². The second-order valence-electron chi connectivity index (χ2n) is 5.60. The van der Waals surface area contributed by atoms with Crippen LogP contribution in [0.1, 0.15) is 38.8 Å². The van der Waals surface area contributed by atoms with Crippen molar-refractivity contribution in [2.75, 3.05) is 6.61 Å². The van der Waals surface area contributed by atoms with Crippen LogP contribution in [0, 0.1) is 0 Å². The van der Waals surface area contributed by atoms with Crippen LogP contribution < -0.4 is 5.32 Å². The van der Waals surface area contributed by atoms with Crippen LogP contribution in [0.4, 0.5) is 0 Å². The van der Waals surface area contributed by atoms with Crippen LogP contribution >= 0.6 is 0 Å². The monoisotopic (exact) mass is 289 g/mol. The number of carbonyl (C=O) groups is 2. The van der Waals surface area contributed by atoms with E-state index < -0.39 is 0 Å². The fourth-order valence-corrected chi connectivity index (χ4v) is 2.05. The summed E-state index contributed by atoms with van der Waals surface area (Å²) in [6, 6.07) is 7.95. The summed E-state index contributed by atoms with van der Waals surface area (Å²) in [4.78, 5) is 22.0. The quantitative estimate of drug-likeness (QED) is 0.477. The summed E-state index contributed by atoms with van der Waals surface area (Å²) in [7, 11) is 0. The van der Waals surface area contributed by atoms with Gasteiger partial charge in [0.25, 0.3) is 0 Å². The molecule has 21 heavy (non-hydrogen) atoms. The van der Waals surface area contributed by atoms with Crippen molar-refractivity contribution in [1.82, 2.24) is 5.32 Å². The van der Waals surface area contributed by atoms with Gasteiger partial charge in [0.1, 0.15) is 0 Å². The van der Waals surface area contributed by atoms with Gasteiger partial charge in [0.15, 0.2) is 0 Å². The molecule has 1 rings (SSSR count). The van der Waals surface area contributed by atoms with Crippen LogP contribution in [0.3, 0.4) is 0 Å². The Balaban J connectivity index is 2.78. The first kappa shape index (κ1) is 17.0. The minimum atomic E-state index is -0.324. The summed E-state index contributed by atoms with van der Waals surface area (Å²) in [5, 5.41) is 2.79. The van der Waals surface area contributed by atoms with Crippen LogP contribution in [-0.2, 0) is 20.7 Å². The molecule has 0 aliphatic heterocycles. The van der Waals surface area contributed by atoms with Crippen molar-refractivity contribution in [3.63, 3.8) is 0 Å². The summed E-state index contributed by atoms with van der Waals surface area (Å²) in [6.07, 6.45) is 2.96. The lowest BCUT2D eigenvalue weighted by molar-refractivity contribution is -0.137. The molecule has 4 heteroatoms. The van der Waals surface area contributed by atoms with Crippen molar-refractivity contribution in [3.8, 4) is 0 Å². The average Bonchev–Trinajstić information content (AvgIpc) is 2.39. The first-order valence-electron chi connectivity index (χ1n) is 7.03. The van der Waals surface area contributed by atoms with Crippen molar-refractivity contribution in [3.05, 3.63) is 41.5 Å². The third-order valence-electron chi connectivity index (χ3n) is 3.13. The van der Waals surface area contributed by atoms with E-state index in [-0.39, 0.29) is 11.5 Å². The molecule has 1 aromatic carbocycles. The second-order valence-corrected chi connectivity index (χ2v) is 5.60. The van der Waals surface area contributed by atoms with Crippen LogP contribution in [0.2, 0.25) is 0 Å². The van der Waals surface area contributed by atoms with Crippen molar-refractivity contribution in [2.45, 2.75) is 39.7 Å². The zero-order chi connectivity index (χ0) is 15.9. The molecule has 1 aromatic rings. The molecule has 0 bridgehead atoms. The highest BCUT2D eigenvalue weighted by Crippen LogP contribution is 2.18. The Kier molecular flexibility index (Phi) is 6.15. The lowest BCUT2D eigenvalue weighted by atomic mass is 9.94. The van der Waals surface area contributed by atoms with E-state index in [2.05, 4.69) is 5.32 Å². The van der Waals surface area contributed by atoms with Crippen LogP contribution in [0.15, 0.2) is 30.3 Å². The molecule has 1 amide bonds. The van der Waals surface area contributed by atoms with Gasteiger partial charge in [0, 0.05) is 11.6 Å². The van der Waals surface area contributed by atoms with Gasteiger partial charge in [0.2, 0.25) is 6.41 Å². The first-order valence-corrected chi connectivity index (χ1v) is 7.03. The summed E-state index contributed by atoms with van der Waals surface area (Å²) >= 11 is 0. The number of hydrogen-bond donors (Lipinski definition) is 1. The highest BCUT2D eigenvalue weighted by atomic mass is 16.5. The number of rotatable bonds is 7. The number of carbonyl (C=O) groups excluding carboxylic acids is 2. The summed E-state index contributed by atoms with van der Waals surface area (Å²) in [5.41, 5.74) is 2.69. The van der Waals surface area contributed by atoms with Gasteiger partial charge < -0.3 is 10.1 Å². The molecule has 0 aliphatic carbocycles. The van der Waals surface area contributed by atoms with Crippen LogP contribution in [0.25, 0.3) is 5.57 Å². The van der Waals surface area contributed by atoms with Crippen LogP contribution in [0.5, 0.6) is 0 Å². The maximum absolute atomic E-state index is 11.4. The second kappa shape index (κ2) is 7.62. The fourth-order valence-electron chi connectivity index (χ4n) is 2.05. The largest absolute Gasteiger partial charge is 0.463 e. The molecule has 0 aromatic heterocycles. The smallest absolute Gasteiger partial charge is 0.331 e. The van der Waals surface area contributed by atoms with E-state index in [0.29, 0.717) is 6.61 Å². The first-order chi connectivity index (χ1) is 9.88. The molecule has 0 saturated heterocycles. The number of hydrogen-bond acceptors (Lipinski definition) is 3. The molecule has 0 unspecified atom stereocenters. The van der Waals surface area contributed by atoms with Gasteiger partial charge in [-0.3, -0.25) is 4.79 Å². The molecule has 0 saturated carbocycles. The summed E-state index contributed by atoms with van der Waals surface area (Å²) in [6.45, 7) is 7.98. The number of nitrogens with one attached hydrogen (secondary N) is 1. The third kappa shape index (κ3) is 5.81. The molecule has 0 radical (unpaired) electrons. The maximum atomic E-state index is 11.4. The molecule has 0 spiro atoms. The Hall–Kier alpha value is -2.10. The number of allylic oxidation sites excluding steroid dienone is 1. The van der Waals surface area contributed by atoms with Gasteiger partial charge in [-0.1, -0.05) is 24.3 Å². The SMILES string of the molecule is CCOC(=O)C=C(C)c1ccc(CC(C)(C)NC=O)cc1. The highest BCUT2D eigenvalue weighted by Gasteiger charge is 2.16. The van der Waals surface area contributed by atoms with Gasteiger partial charge in [-0.25, -0.2) is 4.79 Å². The van der Waals surface area contributed by atoms with E-state index in [0.717, 1.165) is 29.5 Å². The maximum Gasteiger partial charge on any atom is 0.331 e. The van der Waals surface area contributed by atoms with Gasteiger partial charge in [-0.2, -0.15) is 0 Å². The molecular formula is C17H23NO3. The molecule has 0 aliphatic rings. The minimum Gasteiger partial charge on any atom is -0.463 e. The van der Waals surface area contributed by atoms with E-state index in [4.69, 9.17) is 4.74 Å². The number of esters is 1. The Morgan fingerprint density at radius 3 is 2.43 bits per heavy atom. The molecule has 0 heterocycles. The van der Waals surface area contributed by atoms with Gasteiger partial charge in [-0.05, 0) is 50.8 Å². The zero-order valence-corrected chi connectivity index (χ0v) is 13.1. The van der Waals surface area contributed by atoms with Gasteiger partial charge >= 0.3 is 5.97 Å². The topological polar surface area (TPSA) is 55.4 Å². The van der Waals surface area contributed by atoms with Crippen LogP contribution in [-0.4, -0.2) is 24.5 Å². The Morgan fingerprint density at radius 2 is 1.90 bits per heavy atom. The van der Waals surface area contributed by atoms with Gasteiger partial charge in [0.05, 0.1) is 6.61 Å². The minimum absolute atomic E-state index is 0.279. The highest BCUT2D eigenvalue weighted by molar-refractivity contribution is 5.90. The lowest BCUT2D eigenvalue weighted by Gasteiger charge is -2.23. The molecule has 1 N–H and O–H groups in total. The summed E-state index contributed by atoms with van der Waals surface area (Å²) in [5.74, 6) is -0.324. The van der Waals surface area contributed by atoms with E-state index in [1.165, 1.54) is 6.08 Å². The Labute approximate surface area is 126 Å². The van der Waals surface area contributed by atoms with E-state index in [1.807, 2.05) is 45.0 Å². The van der Waals surface area contributed by atoms with E-state index in [1.54, 1.807) is 6.92 Å². The molecular weight excluding hydrogens is 266 g/mol. The predicted octanol–water partition coefficient (Wildman–Crippen LogP) is 2.72. The average molecular weight is 289 g/mol. The Bertz CT molecular complexity index is 515. The number of benzene rings is 1. The summed E-state index contributed by atoms with van der Waals surface area (Å²) < 4.78 is 4.89. The van der Waals surface area contributed by atoms with Crippen molar-refractivity contribution < 1.29 is 14.3 Å². The van der Waals surface area contributed by atoms with Crippen molar-refractivity contribution in [1.29, 1.82) is 0 Å². The third-order valence-corrected chi connectivity index (χ3v) is 3.13. The van der Waals surface area contributed by atoms with Crippen molar-refractivity contribution >= 4 is 18.0 Å². The van der Waals surface area contributed by atoms with Crippen molar-refractivity contribution in [2.24, 2.45) is 0 Å². The molecule has 0 fully saturated rings. The standard InChI is InChI=1S/C17H23NO3/c1-5-21-16(20)10-13(2)15-8-6-14(7-9-15)11-17(3,4)18-12-19/h6-10,12H,5,11H2,1-4H3,(H,18,19). The zero-order valence-electron chi connectivity index (χ0n) is 13.1. The molecule has 0 atom stereocenters. The molecule has 4 nitrogen and oxygen atoms in total. The van der Waals surface area contributed by atoms with Gasteiger partial charge in [-0.15, -0.1) is 0 Å².